The molecule has 0 heterocycles. The summed E-state index contributed by atoms with van der Waals surface area (Å²) in [7, 11) is -2.62. The molecule has 7 nitrogen and oxygen atoms in total. The molecule has 3 aromatic carbocycles. The van der Waals surface area contributed by atoms with Crippen LogP contribution in [-0.2, 0) is 32.6 Å². The van der Waals surface area contributed by atoms with Crippen LogP contribution in [0.4, 0.5) is 0 Å². The summed E-state index contributed by atoms with van der Waals surface area (Å²) in [6.07, 6.45) is 0.272. The van der Waals surface area contributed by atoms with Crippen molar-refractivity contribution in [3.05, 3.63) is 101 Å². The first-order chi connectivity index (χ1) is 18.3. The van der Waals surface area contributed by atoms with Crippen molar-refractivity contribution in [2.24, 2.45) is 0 Å². The molecule has 0 saturated carbocycles. The lowest BCUT2D eigenvalue weighted by atomic mass is 10.00. The molecular formula is C30H36ClN3O4S. The quantitative estimate of drug-likeness (QED) is 0.379. The van der Waals surface area contributed by atoms with Crippen LogP contribution in [-0.4, -0.2) is 54.6 Å². The average molecular weight is 570 g/mol. The van der Waals surface area contributed by atoms with E-state index in [0.717, 1.165) is 21.0 Å². The average Bonchev–Trinajstić information content (AvgIpc) is 2.87. The maximum atomic E-state index is 13.9. The highest BCUT2D eigenvalue weighted by molar-refractivity contribution is 7.89. The third-order valence-electron chi connectivity index (χ3n) is 6.25. The summed E-state index contributed by atoms with van der Waals surface area (Å²) < 4.78 is 27.5. The Morgan fingerprint density at radius 2 is 1.51 bits per heavy atom. The summed E-state index contributed by atoms with van der Waals surface area (Å²) in [6.45, 7) is 7.29. The minimum Gasteiger partial charge on any atom is -0.350 e. The molecule has 0 unspecified atom stereocenters. The Morgan fingerprint density at radius 3 is 2.10 bits per heavy atom. The zero-order valence-corrected chi connectivity index (χ0v) is 24.6. The number of nitrogens with one attached hydrogen (secondary N) is 1. The summed E-state index contributed by atoms with van der Waals surface area (Å²) in [5.74, 6) is -0.792. The van der Waals surface area contributed by atoms with Gasteiger partial charge in [0.15, 0.2) is 0 Å². The van der Waals surface area contributed by atoms with E-state index in [1.807, 2.05) is 82.3 Å². The topological polar surface area (TPSA) is 86.8 Å². The van der Waals surface area contributed by atoms with Crippen molar-refractivity contribution in [3.63, 3.8) is 0 Å². The molecule has 0 bridgehead atoms. The van der Waals surface area contributed by atoms with Gasteiger partial charge in [-0.3, -0.25) is 9.59 Å². The normalized spacial score (nSPS) is 12.7. The Bertz CT molecular complexity index is 1390. The first-order valence-corrected chi connectivity index (χ1v) is 14.5. The largest absolute Gasteiger partial charge is 0.350 e. The van der Waals surface area contributed by atoms with Gasteiger partial charge < -0.3 is 10.2 Å². The number of benzene rings is 3. The SMILES string of the molecule is Cc1ccccc1CN(C(=O)CN(C)S(=O)(=O)c1ccc(Cl)cc1)[C@@H](Cc1ccccc1)C(=O)NC(C)(C)C. The second-order valence-electron chi connectivity index (χ2n) is 10.6. The Kier molecular flexibility index (Phi) is 9.93. The second kappa shape index (κ2) is 12.8. The number of nitrogens with zero attached hydrogens (tertiary/aromatic N) is 2. The van der Waals surface area contributed by atoms with Crippen LogP contribution >= 0.6 is 11.6 Å². The van der Waals surface area contributed by atoms with Crippen molar-refractivity contribution in [2.75, 3.05) is 13.6 Å². The fraction of sp³-hybridized carbons (Fsp3) is 0.333. The Balaban J connectivity index is 2.00. The summed E-state index contributed by atoms with van der Waals surface area (Å²) in [5, 5.41) is 3.42. The molecule has 39 heavy (non-hydrogen) atoms. The van der Waals surface area contributed by atoms with Crippen LogP contribution in [0.15, 0.2) is 83.8 Å². The van der Waals surface area contributed by atoms with Gasteiger partial charge in [0.25, 0.3) is 0 Å². The van der Waals surface area contributed by atoms with E-state index >= 15 is 0 Å². The molecule has 3 rings (SSSR count). The first kappa shape index (κ1) is 30.3. The number of rotatable bonds is 10. The van der Waals surface area contributed by atoms with E-state index in [2.05, 4.69) is 5.32 Å². The number of carbonyl (C=O) groups excluding carboxylic acids is 2. The Hall–Kier alpha value is -3.20. The molecule has 0 aliphatic rings. The number of halogens is 1. The predicted octanol–water partition coefficient (Wildman–Crippen LogP) is 4.82. The molecule has 0 fully saturated rings. The number of sulfonamides is 1. The number of hydrogen-bond donors (Lipinski definition) is 1. The Labute approximate surface area is 236 Å². The molecule has 0 aromatic heterocycles. The lowest BCUT2D eigenvalue weighted by Gasteiger charge is -2.35. The van der Waals surface area contributed by atoms with Gasteiger partial charge in [0.1, 0.15) is 6.04 Å². The van der Waals surface area contributed by atoms with Crippen LogP contribution in [0.5, 0.6) is 0 Å². The van der Waals surface area contributed by atoms with E-state index in [-0.39, 0.29) is 23.8 Å². The van der Waals surface area contributed by atoms with Crippen LogP contribution in [0.1, 0.15) is 37.5 Å². The van der Waals surface area contributed by atoms with Crippen molar-refractivity contribution >= 4 is 33.4 Å². The summed E-state index contributed by atoms with van der Waals surface area (Å²) in [4.78, 5) is 29.1. The van der Waals surface area contributed by atoms with Gasteiger partial charge in [0, 0.05) is 30.6 Å². The van der Waals surface area contributed by atoms with E-state index in [0.29, 0.717) is 5.02 Å². The summed E-state index contributed by atoms with van der Waals surface area (Å²) in [5.41, 5.74) is 2.19. The highest BCUT2D eigenvalue weighted by atomic mass is 35.5. The molecule has 0 aliphatic carbocycles. The highest BCUT2D eigenvalue weighted by Gasteiger charge is 2.34. The van der Waals surface area contributed by atoms with E-state index in [1.165, 1.54) is 36.2 Å². The zero-order valence-electron chi connectivity index (χ0n) is 23.0. The Morgan fingerprint density at radius 1 is 0.923 bits per heavy atom. The van der Waals surface area contributed by atoms with E-state index in [1.54, 1.807) is 0 Å². The van der Waals surface area contributed by atoms with Crippen molar-refractivity contribution in [1.29, 1.82) is 0 Å². The molecule has 0 spiro atoms. The van der Waals surface area contributed by atoms with Crippen molar-refractivity contribution < 1.29 is 18.0 Å². The van der Waals surface area contributed by atoms with Gasteiger partial charge in [-0.25, -0.2) is 8.42 Å². The molecule has 1 N–H and O–H groups in total. The maximum absolute atomic E-state index is 13.9. The number of aryl methyl sites for hydroxylation is 1. The lowest BCUT2D eigenvalue weighted by molar-refractivity contribution is -0.141. The van der Waals surface area contributed by atoms with Gasteiger partial charge in [-0.05, 0) is 68.7 Å². The fourth-order valence-corrected chi connectivity index (χ4v) is 5.38. The number of carbonyl (C=O) groups is 2. The first-order valence-electron chi connectivity index (χ1n) is 12.7. The molecule has 0 aliphatic heterocycles. The number of hydrogen-bond acceptors (Lipinski definition) is 4. The number of amides is 2. The predicted molar refractivity (Wildman–Crippen MR) is 155 cm³/mol. The smallest absolute Gasteiger partial charge is 0.243 e. The van der Waals surface area contributed by atoms with Crippen LogP contribution < -0.4 is 5.32 Å². The zero-order chi connectivity index (χ0) is 28.8. The fourth-order valence-electron chi connectivity index (χ4n) is 4.13. The molecule has 3 aromatic rings. The third-order valence-corrected chi connectivity index (χ3v) is 8.32. The molecule has 9 heteroatoms. The van der Waals surface area contributed by atoms with E-state index < -0.39 is 34.1 Å². The lowest BCUT2D eigenvalue weighted by Crippen LogP contribution is -2.56. The summed E-state index contributed by atoms with van der Waals surface area (Å²) in [6, 6.07) is 22.0. The van der Waals surface area contributed by atoms with Gasteiger partial charge in [-0.2, -0.15) is 4.31 Å². The molecule has 208 valence electrons. The monoisotopic (exact) mass is 569 g/mol. The van der Waals surface area contributed by atoms with Crippen molar-refractivity contribution in [1.82, 2.24) is 14.5 Å². The highest BCUT2D eigenvalue weighted by Crippen LogP contribution is 2.21. The number of likely N-dealkylation sites (N-methyl/N-ethyl adjacent to an activating group) is 1. The van der Waals surface area contributed by atoms with E-state index in [4.69, 9.17) is 11.6 Å². The maximum Gasteiger partial charge on any atom is 0.243 e. The van der Waals surface area contributed by atoms with E-state index in [9.17, 15) is 18.0 Å². The summed E-state index contributed by atoms with van der Waals surface area (Å²) >= 11 is 5.93. The van der Waals surface area contributed by atoms with Gasteiger partial charge in [0.05, 0.1) is 11.4 Å². The third kappa shape index (κ3) is 8.39. The van der Waals surface area contributed by atoms with Crippen molar-refractivity contribution in [2.45, 2.75) is 57.1 Å². The standard InChI is InChI=1S/C30H36ClN3O4S/c1-22-11-9-10-14-24(22)20-34(27(29(36)32-30(2,3)4)19-23-12-7-6-8-13-23)28(35)21-33(5)39(37,38)26-17-15-25(31)16-18-26/h6-18,27H,19-21H2,1-5H3,(H,32,36)/t27-/m0/s1. The molecule has 0 saturated heterocycles. The van der Waals surface area contributed by atoms with Gasteiger partial charge >= 0.3 is 0 Å². The van der Waals surface area contributed by atoms with Crippen LogP contribution in [0.3, 0.4) is 0 Å². The van der Waals surface area contributed by atoms with Gasteiger partial charge in [-0.1, -0.05) is 66.2 Å². The minimum atomic E-state index is -3.97. The minimum absolute atomic E-state index is 0.0268. The molecular weight excluding hydrogens is 534 g/mol. The molecule has 1 atom stereocenters. The molecule has 2 amide bonds. The van der Waals surface area contributed by atoms with Gasteiger partial charge in [0.2, 0.25) is 21.8 Å². The van der Waals surface area contributed by atoms with Crippen molar-refractivity contribution in [3.8, 4) is 0 Å². The second-order valence-corrected chi connectivity index (χ2v) is 13.1. The van der Waals surface area contributed by atoms with Gasteiger partial charge in [-0.15, -0.1) is 0 Å². The van der Waals surface area contributed by atoms with Crippen LogP contribution in [0, 0.1) is 6.92 Å². The van der Waals surface area contributed by atoms with Crippen LogP contribution in [0.25, 0.3) is 0 Å². The molecule has 0 radical (unpaired) electrons. The van der Waals surface area contributed by atoms with Crippen LogP contribution in [0.2, 0.25) is 5.02 Å².